The van der Waals surface area contributed by atoms with Crippen LogP contribution in [0.2, 0.25) is 0 Å². The van der Waals surface area contributed by atoms with E-state index in [2.05, 4.69) is 13.0 Å². The molecular formula is C19H24F2O. The number of hydrogen-bond donors (Lipinski definition) is 0. The van der Waals surface area contributed by atoms with Crippen LogP contribution in [0.5, 0.6) is 0 Å². The SMILES string of the molecule is C[C@]12C=CC(=O)C=C1CCC1C2CC[C@@]2(C)C1CCC2(F)F. The summed E-state index contributed by atoms with van der Waals surface area (Å²) in [5, 5.41) is 0. The molecule has 0 spiro atoms. The van der Waals surface area contributed by atoms with Crippen molar-refractivity contribution in [3.63, 3.8) is 0 Å². The van der Waals surface area contributed by atoms with Crippen molar-refractivity contribution in [2.45, 2.75) is 58.3 Å². The maximum atomic E-state index is 14.4. The molecule has 1 nitrogen and oxygen atoms in total. The van der Waals surface area contributed by atoms with Gasteiger partial charge in [0.1, 0.15) is 0 Å². The third-order valence-corrected chi connectivity index (χ3v) is 7.55. The molecule has 0 heterocycles. The number of hydrogen-bond acceptors (Lipinski definition) is 1. The minimum atomic E-state index is -2.50. The number of ketones is 1. The molecule has 0 aromatic heterocycles. The monoisotopic (exact) mass is 306 g/mol. The van der Waals surface area contributed by atoms with Crippen LogP contribution < -0.4 is 0 Å². The first-order chi connectivity index (χ1) is 10.3. The standard InChI is InChI=1S/C19H24F2O/c1-17-8-5-13(22)11-12(17)3-4-14-15(17)6-9-18(2)16(14)7-10-19(18,20)21/h5,8,11,14-16H,3-4,6-7,9-10H2,1-2H3/t14?,15?,16?,17-,18-/m0/s1. The van der Waals surface area contributed by atoms with E-state index in [1.54, 1.807) is 12.2 Å². The highest BCUT2D eigenvalue weighted by Crippen LogP contribution is 2.68. The lowest BCUT2D eigenvalue weighted by Gasteiger charge is -2.56. The van der Waals surface area contributed by atoms with Gasteiger partial charge in [0.25, 0.3) is 5.92 Å². The average molecular weight is 306 g/mol. The van der Waals surface area contributed by atoms with Gasteiger partial charge in [0.05, 0.1) is 0 Å². The van der Waals surface area contributed by atoms with Crippen molar-refractivity contribution in [1.29, 1.82) is 0 Å². The number of carbonyl (C=O) groups excluding carboxylic acids is 1. The van der Waals surface area contributed by atoms with E-state index in [4.69, 9.17) is 0 Å². The highest BCUT2D eigenvalue weighted by molar-refractivity contribution is 6.01. The van der Waals surface area contributed by atoms with Gasteiger partial charge in [-0.3, -0.25) is 4.79 Å². The predicted molar refractivity (Wildman–Crippen MR) is 81.6 cm³/mol. The summed E-state index contributed by atoms with van der Waals surface area (Å²) in [7, 11) is 0. The molecule has 4 rings (SSSR count). The highest BCUT2D eigenvalue weighted by Gasteiger charge is 2.65. The van der Waals surface area contributed by atoms with Crippen LogP contribution in [0, 0.1) is 28.6 Å². The van der Waals surface area contributed by atoms with Gasteiger partial charge in [-0.1, -0.05) is 25.5 Å². The molecule has 0 radical (unpaired) electrons. The molecule has 3 saturated carbocycles. The Hall–Kier alpha value is -0.990. The summed E-state index contributed by atoms with van der Waals surface area (Å²) in [6, 6.07) is 0. The van der Waals surface area contributed by atoms with Gasteiger partial charge in [-0.15, -0.1) is 0 Å². The Kier molecular flexibility index (Phi) is 2.85. The Balaban J connectivity index is 1.71. The third-order valence-electron chi connectivity index (χ3n) is 7.55. The largest absolute Gasteiger partial charge is 0.290 e. The second-order valence-corrected chi connectivity index (χ2v) is 8.30. The van der Waals surface area contributed by atoms with Gasteiger partial charge in [0, 0.05) is 17.3 Å². The summed E-state index contributed by atoms with van der Waals surface area (Å²) < 4.78 is 28.9. The number of alkyl halides is 2. The fraction of sp³-hybridized carbons (Fsp3) is 0.737. The maximum absolute atomic E-state index is 14.4. The van der Waals surface area contributed by atoms with Crippen molar-refractivity contribution < 1.29 is 13.6 Å². The lowest BCUT2D eigenvalue weighted by atomic mass is 9.48. The fourth-order valence-electron chi connectivity index (χ4n) is 6.13. The van der Waals surface area contributed by atoms with Gasteiger partial charge in [-0.2, -0.15) is 0 Å². The third kappa shape index (κ3) is 1.66. The Morgan fingerprint density at radius 1 is 1.09 bits per heavy atom. The summed E-state index contributed by atoms with van der Waals surface area (Å²) in [5.41, 5.74) is 0.338. The Morgan fingerprint density at radius 3 is 2.59 bits per heavy atom. The molecule has 3 heteroatoms. The number of allylic oxidation sites excluding steroid dienone is 4. The Bertz CT molecular complexity index is 590. The van der Waals surface area contributed by atoms with Crippen LogP contribution in [-0.4, -0.2) is 11.7 Å². The van der Waals surface area contributed by atoms with Crippen molar-refractivity contribution in [3.05, 3.63) is 23.8 Å². The van der Waals surface area contributed by atoms with Crippen LogP contribution in [0.1, 0.15) is 52.4 Å². The second-order valence-electron chi connectivity index (χ2n) is 8.30. The van der Waals surface area contributed by atoms with Crippen molar-refractivity contribution in [2.24, 2.45) is 28.6 Å². The number of fused-ring (bicyclic) bond motifs is 5. The first-order valence-corrected chi connectivity index (χ1v) is 8.60. The van der Waals surface area contributed by atoms with E-state index in [-0.39, 0.29) is 23.5 Å². The summed E-state index contributed by atoms with van der Waals surface area (Å²) >= 11 is 0. The molecule has 0 bridgehead atoms. The summed E-state index contributed by atoms with van der Waals surface area (Å²) in [6.07, 6.45) is 9.63. The van der Waals surface area contributed by atoms with E-state index in [1.165, 1.54) is 5.57 Å². The maximum Gasteiger partial charge on any atom is 0.253 e. The summed E-state index contributed by atoms with van der Waals surface area (Å²) in [6.45, 7) is 4.04. The quantitative estimate of drug-likeness (QED) is 0.620. The average Bonchev–Trinajstić information content (AvgIpc) is 2.70. The van der Waals surface area contributed by atoms with E-state index >= 15 is 0 Å². The van der Waals surface area contributed by atoms with Crippen LogP contribution in [0.3, 0.4) is 0 Å². The number of carbonyl (C=O) groups is 1. The second kappa shape index (κ2) is 4.30. The molecule has 0 N–H and O–H groups in total. The van der Waals surface area contributed by atoms with Crippen molar-refractivity contribution in [1.82, 2.24) is 0 Å². The molecule has 0 aromatic carbocycles. The molecule has 22 heavy (non-hydrogen) atoms. The lowest BCUT2D eigenvalue weighted by Crippen LogP contribution is -2.51. The zero-order chi connectivity index (χ0) is 15.8. The highest BCUT2D eigenvalue weighted by atomic mass is 19.3. The normalized spacial score (nSPS) is 49.2. The minimum Gasteiger partial charge on any atom is -0.290 e. The molecule has 3 unspecified atom stereocenters. The molecule has 4 aliphatic rings. The van der Waals surface area contributed by atoms with Crippen LogP contribution in [-0.2, 0) is 4.79 Å². The molecule has 120 valence electrons. The van der Waals surface area contributed by atoms with Crippen LogP contribution in [0.4, 0.5) is 8.78 Å². The molecule has 0 amide bonds. The van der Waals surface area contributed by atoms with Crippen LogP contribution in [0.15, 0.2) is 23.8 Å². The molecule has 0 aromatic rings. The van der Waals surface area contributed by atoms with Gasteiger partial charge >= 0.3 is 0 Å². The van der Waals surface area contributed by atoms with Crippen molar-refractivity contribution >= 4 is 5.78 Å². The Labute approximate surface area is 130 Å². The predicted octanol–water partition coefficient (Wildman–Crippen LogP) is 4.93. The van der Waals surface area contributed by atoms with E-state index in [0.29, 0.717) is 24.7 Å². The van der Waals surface area contributed by atoms with Crippen LogP contribution >= 0.6 is 0 Å². The zero-order valence-electron chi connectivity index (χ0n) is 13.4. The summed E-state index contributed by atoms with van der Waals surface area (Å²) in [5.74, 6) is -1.47. The molecule has 4 aliphatic carbocycles. The molecular weight excluding hydrogens is 282 g/mol. The van der Waals surface area contributed by atoms with Gasteiger partial charge in [0.2, 0.25) is 0 Å². The van der Waals surface area contributed by atoms with Gasteiger partial charge in [-0.05, 0) is 62.0 Å². The summed E-state index contributed by atoms with van der Waals surface area (Å²) in [4.78, 5) is 11.7. The molecule has 3 fully saturated rings. The van der Waals surface area contributed by atoms with E-state index < -0.39 is 11.3 Å². The van der Waals surface area contributed by atoms with E-state index in [0.717, 1.165) is 19.3 Å². The lowest BCUT2D eigenvalue weighted by molar-refractivity contribution is -0.147. The molecule has 0 saturated heterocycles. The fourth-order valence-corrected chi connectivity index (χ4v) is 6.13. The smallest absolute Gasteiger partial charge is 0.253 e. The zero-order valence-corrected chi connectivity index (χ0v) is 13.4. The molecule has 5 atom stereocenters. The van der Waals surface area contributed by atoms with Gasteiger partial charge in [-0.25, -0.2) is 8.78 Å². The topological polar surface area (TPSA) is 17.1 Å². The number of rotatable bonds is 0. The van der Waals surface area contributed by atoms with E-state index in [1.807, 2.05) is 6.92 Å². The number of halogens is 2. The van der Waals surface area contributed by atoms with Gasteiger partial charge < -0.3 is 0 Å². The van der Waals surface area contributed by atoms with E-state index in [9.17, 15) is 13.6 Å². The minimum absolute atomic E-state index is 0.0606. The van der Waals surface area contributed by atoms with Crippen LogP contribution in [0.25, 0.3) is 0 Å². The molecule has 0 aliphatic heterocycles. The first kappa shape index (κ1) is 14.6. The van der Waals surface area contributed by atoms with Gasteiger partial charge in [0.15, 0.2) is 5.78 Å². The van der Waals surface area contributed by atoms with Crippen molar-refractivity contribution in [2.75, 3.05) is 0 Å². The van der Waals surface area contributed by atoms with Crippen molar-refractivity contribution in [3.8, 4) is 0 Å². The first-order valence-electron chi connectivity index (χ1n) is 8.60. The Morgan fingerprint density at radius 2 is 1.82 bits per heavy atom.